The van der Waals surface area contributed by atoms with Gasteiger partial charge in [-0.3, -0.25) is 19.7 Å². The second-order valence-electron chi connectivity index (χ2n) is 9.89. The summed E-state index contributed by atoms with van der Waals surface area (Å²) in [6, 6.07) is 17.7. The van der Waals surface area contributed by atoms with Crippen LogP contribution in [0, 0.1) is 10.1 Å². The molecule has 0 bridgehead atoms. The van der Waals surface area contributed by atoms with Crippen molar-refractivity contribution < 1.29 is 24.4 Å². The molecule has 0 saturated carbocycles. The standard InChI is InChI=1S/C30H26N2O6/c1-16(2)19-7-5-8-20(17(3)4)28(19)31-29(34)22-10-6-9-21-25(14-12-23(27(21)22)30(31)35)38-26-13-11-18(33)15-24(26)32(36)37/h5-17,33H,1-4H3. The number of anilines is 1. The molecule has 1 heterocycles. The van der Waals surface area contributed by atoms with Gasteiger partial charge in [0.15, 0.2) is 0 Å². The lowest BCUT2D eigenvalue weighted by Crippen LogP contribution is -2.41. The summed E-state index contributed by atoms with van der Waals surface area (Å²) in [5, 5.41) is 22.1. The SMILES string of the molecule is CC(C)c1cccc(C(C)C)c1N1C(=O)c2cccc3c(Oc4ccc(O)cc4[N+](=O)[O-])ccc(c23)C1=O. The van der Waals surface area contributed by atoms with Crippen molar-refractivity contribution in [3.8, 4) is 17.2 Å². The smallest absolute Gasteiger partial charge is 0.315 e. The van der Waals surface area contributed by atoms with E-state index in [0.29, 0.717) is 27.6 Å². The van der Waals surface area contributed by atoms with Gasteiger partial charge in [0.05, 0.1) is 16.7 Å². The number of phenols is 1. The Morgan fingerprint density at radius 3 is 2.00 bits per heavy atom. The van der Waals surface area contributed by atoms with Gasteiger partial charge in [-0.2, -0.15) is 0 Å². The highest BCUT2D eigenvalue weighted by molar-refractivity contribution is 6.36. The zero-order valence-corrected chi connectivity index (χ0v) is 21.4. The van der Waals surface area contributed by atoms with E-state index in [1.54, 1.807) is 30.3 Å². The summed E-state index contributed by atoms with van der Waals surface area (Å²) in [6.07, 6.45) is 0. The van der Waals surface area contributed by atoms with E-state index in [0.717, 1.165) is 17.2 Å². The maximum absolute atomic E-state index is 14.0. The van der Waals surface area contributed by atoms with Crippen LogP contribution in [0.3, 0.4) is 0 Å². The number of carbonyl (C=O) groups is 2. The Balaban J connectivity index is 1.68. The Hall–Kier alpha value is -4.72. The molecule has 0 aromatic heterocycles. The minimum Gasteiger partial charge on any atom is -0.508 e. The van der Waals surface area contributed by atoms with Crippen LogP contribution in [0.5, 0.6) is 17.2 Å². The van der Waals surface area contributed by atoms with Gasteiger partial charge in [-0.25, -0.2) is 4.90 Å². The molecular weight excluding hydrogens is 484 g/mol. The lowest BCUT2D eigenvalue weighted by Gasteiger charge is -2.32. The normalized spacial score (nSPS) is 13.1. The third kappa shape index (κ3) is 3.94. The van der Waals surface area contributed by atoms with Gasteiger partial charge in [-0.15, -0.1) is 0 Å². The lowest BCUT2D eigenvalue weighted by atomic mass is 9.88. The largest absolute Gasteiger partial charge is 0.508 e. The summed E-state index contributed by atoms with van der Waals surface area (Å²) in [6.45, 7) is 8.12. The van der Waals surface area contributed by atoms with Crippen molar-refractivity contribution >= 4 is 34.0 Å². The van der Waals surface area contributed by atoms with Gasteiger partial charge in [-0.05, 0) is 53.3 Å². The predicted molar refractivity (Wildman–Crippen MR) is 145 cm³/mol. The van der Waals surface area contributed by atoms with Crippen LogP contribution in [-0.2, 0) is 0 Å². The van der Waals surface area contributed by atoms with Crippen LogP contribution in [0.25, 0.3) is 10.8 Å². The van der Waals surface area contributed by atoms with Crippen LogP contribution in [0.1, 0.15) is 71.4 Å². The summed E-state index contributed by atoms with van der Waals surface area (Å²) < 4.78 is 5.91. The molecule has 1 N–H and O–H groups in total. The summed E-state index contributed by atoms with van der Waals surface area (Å²) >= 11 is 0. The number of hydrogen-bond donors (Lipinski definition) is 1. The minimum absolute atomic E-state index is 0.0731. The van der Waals surface area contributed by atoms with E-state index in [4.69, 9.17) is 4.74 Å². The van der Waals surface area contributed by atoms with Gasteiger partial charge in [-0.1, -0.05) is 58.0 Å². The molecule has 4 aromatic carbocycles. The van der Waals surface area contributed by atoms with Crippen LogP contribution in [0.4, 0.5) is 11.4 Å². The fourth-order valence-electron chi connectivity index (χ4n) is 4.98. The molecule has 0 atom stereocenters. The molecule has 0 aliphatic carbocycles. The van der Waals surface area contributed by atoms with E-state index in [1.165, 1.54) is 17.0 Å². The summed E-state index contributed by atoms with van der Waals surface area (Å²) in [4.78, 5) is 40.1. The Labute approximate surface area is 219 Å². The molecule has 0 unspecified atom stereocenters. The summed E-state index contributed by atoms with van der Waals surface area (Å²) in [7, 11) is 0. The van der Waals surface area contributed by atoms with Gasteiger partial charge in [0.1, 0.15) is 11.5 Å². The highest BCUT2D eigenvalue weighted by Crippen LogP contribution is 2.43. The molecule has 1 aliphatic rings. The van der Waals surface area contributed by atoms with Crippen molar-refractivity contribution in [1.82, 2.24) is 0 Å². The highest BCUT2D eigenvalue weighted by Gasteiger charge is 2.37. The van der Waals surface area contributed by atoms with E-state index >= 15 is 0 Å². The first-order chi connectivity index (χ1) is 18.1. The number of imide groups is 1. The zero-order chi connectivity index (χ0) is 27.3. The van der Waals surface area contributed by atoms with Crippen molar-refractivity contribution in [2.45, 2.75) is 39.5 Å². The fraction of sp³-hybridized carbons (Fsp3) is 0.200. The third-order valence-corrected chi connectivity index (χ3v) is 6.79. The van der Waals surface area contributed by atoms with Gasteiger partial charge in [0, 0.05) is 21.9 Å². The number of phenolic OH excluding ortho intramolecular Hbond substituents is 1. The number of carbonyl (C=O) groups excluding carboxylic acids is 2. The fourth-order valence-corrected chi connectivity index (χ4v) is 4.98. The molecule has 8 heteroatoms. The van der Waals surface area contributed by atoms with Crippen molar-refractivity contribution in [3.63, 3.8) is 0 Å². The molecule has 4 aromatic rings. The Morgan fingerprint density at radius 2 is 1.39 bits per heavy atom. The average molecular weight is 511 g/mol. The van der Waals surface area contributed by atoms with Crippen LogP contribution in [-0.4, -0.2) is 21.8 Å². The quantitative estimate of drug-likeness (QED) is 0.166. The number of nitrogens with zero attached hydrogens (tertiary/aromatic N) is 2. The van der Waals surface area contributed by atoms with Gasteiger partial charge >= 0.3 is 5.69 Å². The number of nitro groups is 1. The van der Waals surface area contributed by atoms with Crippen LogP contribution in [0.2, 0.25) is 0 Å². The molecule has 2 amide bonds. The zero-order valence-electron chi connectivity index (χ0n) is 21.4. The van der Waals surface area contributed by atoms with Crippen LogP contribution >= 0.6 is 0 Å². The molecule has 0 spiro atoms. The van der Waals surface area contributed by atoms with E-state index in [9.17, 15) is 24.8 Å². The van der Waals surface area contributed by atoms with Crippen LogP contribution in [0.15, 0.2) is 66.7 Å². The predicted octanol–water partition coefficient (Wildman–Crippen LogP) is 7.29. The maximum atomic E-state index is 14.0. The Bertz CT molecular complexity index is 1590. The number of nitro benzene ring substituents is 1. The van der Waals surface area contributed by atoms with E-state index in [2.05, 4.69) is 0 Å². The van der Waals surface area contributed by atoms with Gasteiger partial charge < -0.3 is 9.84 Å². The molecule has 0 radical (unpaired) electrons. The maximum Gasteiger partial charge on any atom is 0.315 e. The molecule has 1 aliphatic heterocycles. The first-order valence-electron chi connectivity index (χ1n) is 12.3. The van der Waals surface area contributed by atoms with E-state index in [-0.39, 0.29) is 29.1 Å². The monoisotopic (exact) mass is 510 g/mol. The van der Waals surface area contributed by atoms with Crippen molar-refractivity contribution in [1.29, 1.82) is 0 Å². The number of aromatic hydroxyl groups is 1. The van der Waals surface area contributed by atoms with E-state index in [1.807, 2.05) is 45.9 Å². The van der Waals surface area contributed by atoms with E-state index < -0.39 is 22.4 Å². The van der Waals surface area contributed by atoms with Crippen LogP contribution < -0.4 is 9.64 Å². The minimum atomic E-state index is -0.649. The third-order valence-electron chi connectivity index (χ3n) is 6.79. The Kier molecular flexibility index (Phi) is 6.11. The molecular formula is C30H26N2O6. The second-order valence-corrected chi connectivity index (χ2v) is 9.89. The first kappa shape index (κ1) is 25.0. The molecule has 5 rings (SSSR count). The number of para-hydroxylation sites is 1. The summed E-state index contributed by atoms with van der Waals surface area (Å²) in [5.41, 5.74) is 2.72. The van der Waals surface area contributed by atoms with Crippen molar-refractivity contribution in [3.05, 3.63) is 99.1 Å². The number of benzene rings is 4. The number of rotatable bonds is 6. The molecule has 0 fully saturated rings. The molecule has 0 saturated heterocycles. The molecule has 38 heavy (non-hydrogen) atoms. The lowest BCUT2D eigenvalue weighted by molar-refractivity contribution is -0.385. The number of amides is 2. The topological polar surface area (TPSA) is 110 Å². The average Bonchev–Trinajstić information content (AvgIpc) is 2.88. The number of hydrogen-bond acceptors (Lipinski definition) is 6. The molecule has 192 valence electrons. The Morgan fingerprint density at radius 1 is 0.816 bits per heavy atom. The van der Waals surface area contributed by atoms with Crippen molar-refractivity contribution in [2.75, 3.05) is 4.90 Å². The van der Waals surface area contributed by atoms with Gasteiger partial charge in [0.25, 0.3) is 11.8 Å². The molecule has 8 nitrogen and oxygen atoms in total. The summed E-state index contributed by atoms with van der Waals surface area (Å²) in [5.74, 6) is -0.793. The number of ether oxygens (including phenoxy) is 1. The second kappa shape index (κ2) is 9.30. The highest BCUT2D eigenvalue weighted by atomic mass is 16.6. The van der Waals surface area contributed by atoms with Gasteiger partial charge in [0.2, 0.25) is 5.75 Å². The first-order valence-corrected chi connectivity index (χ1v) is 12.3. The van der Waals surface area contributed by atoms with Crippen molar-refractivity contribution in [2.24, 2.45) is 0 Å².